The zero-order chi connectivity index (χ0) is 22.6. The first-order valence-corrected chi connectivity index (χ1v) is 11.1. The quantitative estimate of drug-likeness (QED) is 0.504. The van der Waals surface area contributed by atoms with E-state index in [1.165, 1.54) is 12.5 Å². The molecule has 2 aromatic rings. The molecular weight excluding hydrogens is 431 g/mol. The number of hydrogen-bond acceptors (Lipinski definition) is 2. The molecule has 1 aliphatic carbocycles. The van der Waals surface area contributed by atoms with Crippen LogP contribution in [-0.2, 0) is 11.2 Å². The van der Waals surface area contributed by atoms with E-state index in [0.717, 1.165) is 30.2 Å². The van der Waals surface area contributed by atoms with Crippen LogP contribution in [0.1, 0.15) is 54.3 Å². The Morgan fingerprint density at radius 3 is 2.66 bits per heavy atom. The number of nitrogens with one attached hydrogen (secondary N) is 1. The van der Waals surface area contributed by atoms with E-state index in [-0.39, 0.29) is 24.3 Å². The second kappa shape index (κ2) is 10.2. The van der Waals surface area contributed by atoms with Crippen molar-refractivity contribution < 1.29 is 11.9 Å². The van der Waals surface area contributed by atoms with Crippen molar-refractivity contribution in [1.29, 1.82) is 0 Å². The van der Waals surface area contributed by atoms with Gasteiger partial charge >= 0.3 is 0 Å². The molecule has 0 spiro atoms. The van der Waals surface area contributed by atoms with Crippen LogP contribution >= 0.6 is 15.9 Å². The standard InChI is InChI=1S/C24H30BrFN2O/c1-17(2)16-28(20-9-4-3-5-10-20)23-13-12-19(25)15-22(23)27-24(29)14-18-8-6-7-11-21(18)26/h6-8,11-13,15,17,20H,3-5,9-10,14,16H2,1-2H3,(H,27,29)/i16D2. The van der Waals surface area contributed by atoms with E-state index in [0.29, 0.717) is 16.9 Å². The molecule has 0 bridgehead atoms. The summed E-state index contributed by atoms with van der Waals surface area (Å²) in [6.45, 7) is 2.18. The Bertz CT molecular complexity index is 916. The summed E-state index contributed by atoms with van der Waals surface area (Å²) < 4.78 is 32.5. The molecule has 1 amide bonds. The van der Waals surface area contributed by atoms with E-state index in [1.807, 2.05) is 30.9 Å². The number of carbonyl (C=O) groups is 1. The van der Waals surface area contributed by atoms with Crippen LogP contribution in [0.4, 0.5) is 15.8 Å². The van der Waals surface area contributed by atoms with Crippen molar-refractivity contribution in [3.63, 3.8) is 0 Å². The third kappa shape index (κ3) is 6.05. The second-order valence-electron chi connectivity index (χ2n) is 7.92. The average molecular weight is 463 g/mol. The van der Waals surface area contributed by atoms with Crippen LogP contribution < -0.4 is 10.2 Å². The largest absolute Gasteiger partial charge is 0.367 e. The van der Waals surface area contributed by atoms with Crippen molar-refractivity contribution in [3.8, 4) is 0 Å². The molecule has 29 heavy (non-hydrogen) atoms. The first-order valence-electron chi connectivity index (χ1n) is 11.3. The molecule has 0 aliphatic heterocycles. The van der Waals surface area contributed by atoms with Gasteiger partial charge in [-0.15, -0.1) is 0 Å². The number of halogens is 2. The van der Waals surface area contributed by atoms with Crippen LogP contribution in [0, 0.1) is 11.7 Å². The summed E-state index contributed by atoms with van der Waals surface area (Å²) >= 11 is 3.47. The molecule has 0 saturated heterocycles. The SMILES string of the molecule is [2H]C([2H])(C(C)C)N(c1ccc(Br)cc1NC(=O)Cc1ccccc1F)C1CCCCC1. The molecular formula is C24H30BrFN2O. The van der Waals surface area contributed by atoms with Gasteiger partial charge in [0.05, 0.1) is 17.8 Å². The minimum atomic E-state index is -1.58. The predicted molar refractivity (Wildman–Crippen MR) is 122 cm³/mol. The van der Waals surface area contributed by atoms with E-state index in [9.17, 15) is 9.18 Å². The lowest BCUT2D eigenvalue weighted by molar-refractivity contribution is -0.115. The van der Waals surface area contributed by atoms with Gasteiger partial charge in [-0.3, -0.25) is 4.79 Å². The van der Waals surface area contributed by atoms with Crippen LogP contribution in [0.3, 0.4) is 0 Å². The molecule has 1 saturated carbocycles. The molecule has 3 rings (SSSR count). The van der Waals surface area contributed by atoms with E-state index in [4.69, 9.17) is 2.74 Å². The number of hydrogen-bond donors (Lipinski definition) is 1. The molecule has 0 atom stereocenters. The number of rotatable bonds is 7. The maximum atomic E-state index is 14.0. The molecule has 0 heterocycles. The fourth-order valence-electron chi connectivity index (χ4n) is 3.82. The second-order valence-corrected chi connectivity index (χ2v) is 8.84. The minimum Gasteiger partial charge on any atom is -0.367 e. The van der Waals surface area contributed by atoms with Gasteiger partial charge < -0.3 is 10.2 Å². The highest BCUT2D eigenvalue weighted by Gasteiger charge is 2.24. The molecule has 5 heteroatoms. The summed E-state index contributed by atoms with van der Waals surface area (Å²) in [7, 11) is 0. The average Bonchev–Trinajstić information content (AvgIpc) is 2.72. The van der Waals surface area contributed by atoms with Gasteiger partial charge in [-0.05, 0) is 48.6 Å². The molecule has 156 valence electrons. The first-order chi connectivity index (χ1) is 14.7. The van der Waals surface area contributed by atoms with Crippen LogP contribution in [0.25, 0.3) is 0 Å². The van der Waals surface area contributed by atoms with Crippen molar-refractivity contribution >= 4 is 33.2 Å². The summed E-state index contributed by atoms with van der Waals surface area (Å²) in [6.07, 6.45) is 5.07. The number of anilines is 2. The third-order valence-electron chi connectivity index (χ3n) is 5.14. The minimum absolute atomic E-state index is 0.0644. The Labute approximate surface area is 184 Å². The maximum absolute atomic E-state index is 14.0. The highest BCUT2D eigenvalue weighted by molar-refractivity contribution is 9.10. The zero-order valence-electron chi connectivity index (χ0n) is 19.1. The number of nitrogens with zero attached hydrogens (tertiary/aromatic N) is 1. The number of amides is 1. The van der Waals surface area contributed by atoms with Gasteiger partial charge in [0.1, 0.15) is 5.82 Å². The summed E-state index contributed by atoms with van der Waals surface area (Å²) in [5.74, 6) is -0.981. The molecule has 0 aromatic heterocycles. The maximum Gasteiger partial charge on any atom is 0.228 e. The van der Waals surface area contributed by atoms with E-state index in [2.05, 4.69) is 21.2 Å². The molecule has 1 N–H and O–H groups in total. The van der Waals surface area contributed by atoms with Crippen molar-refractivity contribution in [2.45, 2.75) is 58.4 Å². The van der Waals surface area contributed by atoms with Gasteiger partial charge in [-0.1, -0.05) is 67.2 Å². The third-order valence-corrected chi connectivity index (χ3v) is 5.63. The fraction of sp³-hybridized carbons (Fsp3) is 0.458. The highest BCUT2D eigenvalue weighted by Crippen LogP contribution is 2.35. The Morgan fingerprint density at radius 2 is 1.97 bits per heavy atom. The van der Waals surface area contributed by atoms with Gasteiger partial charge in [0.2, 0.25) is 5.91 Å². The smallest absolute Gasteiger partial charge is 0.228 e. The van der Waals surface area contributed by atoms with Crippen LogP contribution in [0.2, 0.25) is 0 Å². The Morgan fingerprint density at radius 1 is 1.24 bits per heavy atom. The summed E-state index contributed by atoms with van der Waals surface area (Å²) in [4.78, 5) is 14.6. The van der Waals surface area contributed by atoms with E-state index >= 15 is 0 Å². The van der Waals surface area contributed by atoms with Crippen molar-refractivity contribution in [1.82, 2.24) is 0 Å². The summed E-state index contributed by atoms with van der Waals surface area (Å²) in [5.41, 5.74) is 1.53. The van der Waals surface area contributed by atoms with E-state index < -0.39 is 12.3 Å². The predicted octanol–water partition coefficient (Wildman–Crippen LogP) is 6.56. The normalized spacial score (nSPS) is 16.3. The molecule has 2 aromatic carbocycles. The van der Waals surface area contributed by atoms with Gasteiger partial charge in [-0.2, -0.15) is 0 Å². The van der Waals surface area contributed by atoms with Crippen LogP contribution in [0.5, 0.6) is 0 Å². The molecule has 1 fully saturated rings. The lowest BCUT2D eigenvalue weighted by atomic mass is 9.93. The van der Waals surface area contributed by atoms with Gasteiger partial charge in [0.25, 0.3) is 0 Å². The Kier molecular flexibility index (Phi) is 6.75. The van der Waals surface area contributed by atoms with Crippen molar-refractivity contribution in [3.05, 3.63) is 58.3 Å². The van der Waals surface area contributed by atoms with Gasteiger partial charge in [0.15, 0.2) is 0 Å². The van der Waals surface area contributed by atoms with Crippen LogP contribution in [-0.4, -0.2) is 18.4 Å². The molecule has 0 radical (unpaired) electrons. The molecule has 1 aliphatic rings. The van der Waals surface area contributed by atoms with Crippen molar-refractivity contribution in [2.24, 2.45) is 5.92 Å². The van der Waals surface area contributed by atoms with Crippen LogP contribution in [0.15, 0.2) is 46.9 Å². The van der Waals surface area contributed by atoms with Gasteiger partial charge in [-0.25, -0.2) is 4.39 Å². The number of benzene rings is 2. The van der Waals surface area contributed by atoms with Crippen molar-refractivity contribution in [2.75, 3.05) is 16.7 Å². The topological polar surface area (TPSA) is 32.3 Å². The molecule has 3 nitrogen and oxygen atoms in total. The monoisotopic (exact) mass is 462 g/mol. The number of carbonyl (C=O) groups excluding carboxylic acids is 1. The highest BCUT2D eigenvalue weighted by atomic mass is 79.9. The molecule has 0 unspecified atom stereocenters. The Balaban J connectivity index is 1.95. The summed E-state index contributed by atoms with van der Waals surface area (Å²) in [5, 5.41) is 2.91. The summed E-state index contributed by atoms with van der Waals surface area (Å²) in [6, 6.07) is 11.8. The van der Waals surface area contributed by atoms with Gasteiger partial charge in [0, 0.05) is 19.8 Å². The Hall–Kier alpha value is -1.88. The lowest BCUT2D eigenvalue weighted by Crippen LogP contribution is -2.40. The fourth-order valence-corrected chi connectivity index (χ4v) is 4.18. The van der Waals surface area contributed by atoms with E-state index in [1.54, 1.807) is 24.3 Å². The first kappa shape index (κ1) is 19.1. The zero-order valence-corrected chi connectivity index (χ0v) is 18.6. The lowest BCUT2D eigenvalue weighted by Gasteiger charge is -2.38.